The van der Waals surface area contributed by atoms with E-state index in [1.807, 2.05) is 53.0 Å². The predicted octanol–water partition coefficient (Wildman–Crippen LogP) is 6.12. The highest BCUT2D eigenvalue weighted by atomic mass is 35.5. The number of ether oxygens (including phenoxy) is 3. The summed E-state index contributed by atoms with van der Waals surface area (Å²) in [5.41, 5.74) is -0.650. The number of carboxylic acid groups (broad SMARTS) is 1. The number of thiazole rings is 1. The van der Waals surface area contributed by atoms with Gasteiger partial charge in [0.05, 0.1) is 17.8 Å². The molecule has 4 N–H and O–H groups in total. The van der Waals surface area contributed by atoms with E-state index < -0.39 is 53.0 Å². The lowest BCUT2D eigenvalue weighted by atomic mass is 9.85. The van der Waals surface area contributed by atoms with E-state index in [-0.39, 0.29) is 31.0 Å². The van der Waals surface area contributed by atoms with Gasteiger partial charge in [-0.1, -0.05) is 45.7 Å². The SMILES string of the molecule is CC[C@@H]1CC1(NC(=O)[C@@H]1C[C@@H](Oc2cc(-c3csc(NC(C)C)n3)nc3c(Cl)c(OCCN4CCN(C)CC4)ccc23)CN1C(=O)[C@@H](NC(=O)O[C@@H]1C[C@@H]2C[C@@H]2C1)C(C)(C)C)C(=O)O. The number of aromatic nitrogens is 2. The maximum atomic E-state index is 14.8. The fourth-order valence-corrected chi connectivity index (χ4v) is 10.7. The Hall–Kier alpha value is -4.45. The molecular formula is C46H63ClN8O8S. The minimum Gasteiger partial charge on any atom is -0.491 e. The van der Waals surface area contributed by atoms with E-state index >= 15 is 0 Å². The molecule has 2 aromatic heterocycles. The summed E-state index contributed by atoms with van der Waals surface area (Å²) >= 11 is 8.59. The normalized spacial score (nSPS) is 27.2. The average Bonchev–Trinajstić information content (AvgIpc) is 3.91. The number of fused-ring (bicyclic) bond motifs is 2. The first-order valence-electron chi connectivity index (χ1n) is 22.8. The molecule has 16 nitrogen and oxygen atoms in total. The Labute approximate surface area is 384 Å². The van der Waals surface area contributed by atoms with Crippen LogP contribution in [-0.2, 0) is 19.1 Å². The van der Waals surface area contributed by atoms with Gasteiger partial charge in [-0.2, -0.15) is 0 Å². The summed E-state index contributed by atoms with van der Waals surface area (Å²) in [5.74, 6) is -0.332. The molecule has 3 amide bonds. The van der Waals surface area contributed by atoms with Crippen molar-refractivity contribution in [3.63, 3.8) is 0 Å². The molecule has 1 unspecified atom stereocenters. The van der Waals surface area contributed by atoms with Crippen molar-refractivity contribution in [3.05, 3.63) is 28.6 Å². The largest absolute Gasteiger partial charge is 0.491 e. The van der Waals surface area contributed by atoms with Crippen LogP contribution >= 0.6 is 22.9 Å². The predicted molar refractivity (Wildman–Crippen MR) is 245 cm³/mol. The summed E-state index contributed by atoms with van der Waals surface area (Å²) in [6, 6.07) is 3.43. The van der Waals surface area contributed by atoms with E-state index in [1.54, 1.807) is 12.1 Å². The van der Waals surface area contributed by atoms with Crippen molar-refractivity contribution < 1.29 is 38.5 Å². The second kappa shape index (κ2) is 18.4. The molecule has 5 aliphatic rings. The zero-order valence-electron chi connectivity index (χ0n) is 37.9. The zero-order valence-corrected chi connectivity index (χ0v) is 39.5. The number of halogens is 1. The van der Waals surface area contributed by atoms with Crippen molar-refractivity contribution in [2.45, 2.75) is 116 Å². The van der Waals surface area contributed by atoms with Crippen molar-refractivity contribution in [2.75, 3.05) is 58.2 Å². The van der Waals surface area contributed by atoms with E-state index in [0.29, 0.717) is 70.1 Å². The van der Waals surface area contributed by atoms with Crippen LogP contribution in [0.1, 0.15) is 80.1 Å². The highest BCUT2D eigenvalue weighted by Crippen LogP contribution is 2.52. The number of hydrogen-bond donors (Lipinski definition) is 4. The summed E-state index contributed by atoms with van der Waals surface area (Å²) in [6.07, 6.45) is 2.14. The first-order chi connectivity index (χ1) is 30.4. The number of nitrogens with one attached hydrogen (secondary N) is 3. The Morgan fingerprint density at radius 3 is 2.39 bits per heavy atom. The number of carboxylic acids is 1. The van der Waals surface area contributed by atoms with Crippen molar-refractivity contribution in [2.24, 2.45) is 23.2 Å². The van der Waals surface area contributed by atoms with Crippen LogP contribution in [0.3, 0.4) is 0 Å². The van der Waals surface area contributed by atoms with Gasteiger partial charge in [-0.15, -0.1) is 11.3 Å². The van der Waals surface area contributed by atoms with Crippen molar-refractivity contribution >= 4 is 62.8 Å². The molecule has 1 aromatic carbocycles. The third-order valence-corrected chi connectivity index (χ3v) is 14.7. The van der Waals surface area contributed by atoms with Gasteiger partial charge in [0.25, 0.3) is 0 Å². The molecule has 4 heterocycles. The van der Waals surface area contributed by atoms with Crippen molar-refractivity contribution in [3.8, 4) is 22.9 Å². The summed E-state index contributed by atoms with van der Waals surface area (Å²) in [7, 11) is 2.12. The quantitative estimate of drug-likeness (QED) is 0.129. The number of piperazine rings is 1. The maximum Gasteiger partial charge on any atom is 0.408 e. The monoisotopic (exact) mass is 922 g/mol. The number of likely N-dealkylation sites (tertiary alicyclic amines) is 1. The molecule has 3 saturated carbocycles. The van der Waals surface area contributed by atoms with Crippen molar-refractivity contribution in [1.82, 2.24) is 35.3 Å². The Morgan fingerprint density at radius 2 is 1.73 bits per heavy atom. The van der Waals surface area contributed by atoms with Gasteiger partial charge < -0.3 is 45.1 Å². The van der Waals surface area contributed by atoms with Gasteiger partial charge in [-0.3, -0.25) is 14.5 Å². The van der Waals surface area contributed by atoms with E-state index in [9.17, 15) is 24.3 Å². The first-order valence-corrected chi connectivity index (χ1v) is 24.1. The number of pyridine rings is 1. The standard InChI is InChI=1S/C46H63ClN8O8S/c1-8-28-22-46(28,42(58)59)52-40(56)34-20-30(23-55(34)41(57)39(45(4,5)6)51-44(60)63-29-18-26-17-27(26)19-29)62-36-21-32(33-24-64-43(50-33)48-25(2)3)49-38-31(36)9-10-35(37(38)47)61-16-15-54-13-11-53(7)12-14-54/h9-10,21,24-30,34,39H,8,11-20,22-23H2,1-7H3,(H,48,50)(H,51,60)(H,52,56)(H,58,59)/t26-,27+,28-,29+,30-,34+,39-,46?/m1/s1. The summed E-state index contributed by atoms with van der Waals surface area (Å²) in [6.45, 7) is 16.6. The van der Waals surface area contributed by atoms with E-state index in [1.165, 1.54) is 22.7 Å². The number of anilines is 1. The molecular weight excluding hydrogens is 860 g/mol. The van der Waals surface area contributed by atoms with Crippen molar-refractivity contribution in [1.29, 1.82) is 0 Å². The van der Waals surface area contributed by atoms with Crippen LogP contribution < -0.4 is 25.4 Å². The molecule has 64 heavy (non-hydrogen) atoms. The lowest BCUT2D eigenvalue weighted by molar-refractivity contribution is -0.146. The van der Waals surface area contributed by atoms with Gasteiger partial charge in [0, 0.05) is 62.0 Å². The second-order valence-electron chi connectivity index (χ2n) is 19.9. The molecule has 0 spiro atoms. The number of likely N-dealkylation sites (N-methyl/N-ethyl adjacent to an activating group) is 1. The molecule has 5 fully saturated rings. The topological polar surface area (TPSA) is 188 Å². The number of benzene rings is 1. The number of alkyl carbamates (subject to hydrolysis) is 1. The first kappa shape index (κ1) is 46.1. The maximum absolute atomic E-state index is 14.8. The zero-order chi connectivity index (χ0) is 45.7. The Morgan fingerprint density at radius 1 is 1.00 bits per heavy atom. The van der Waals surface area contributed by atoms with Crippen LogP contribution in [0, 0.1) is 23.2 Å². The van der Waals surface area contributed by atoms with Gasteiger partial charge in [0.15, 0.2) is 5.13 Å². The number of nitrogens with zero attached hydrogens (tertiary/aromatic N) is 5. The minimum atomic E-state index is -1.42. The fourth-order valence-electron chi connectivity index (χ4n) is 9.63. The molecule has 3 aliphatic carbocycles. The van der Waals surface area contributed by atoms with Crippen LogP contribution in [0.5, 0.6) is 11.5 Å². The van der Waals surface area contributed by atoms with Crippen LogP contribution in [0.15, 0.2) is 23.6 Å². The highest BCUT2D eigenvalue weighted by Gasteiger charge is 2.61. The fraction of sp³-hybridized carbons (Fsp3) is 0.652. The molecule has 0 bridgehead atoms. The Kier molecular flexibility index (Phi) is 13.3. The third kappa shape index (κ3) is 10.0. The van der Waals surface area contributed by atoms with Crippen LogP contribution in [0.25, 0.3) is 22.3 Å². The second-order valence-corrected chi connectivity index (χ2v) is 21.1. The summed E-state index contributed by atoms with van der Waals surface area (Å²) in [5, 5.41) is 22.8. The van der Waals surface area contributed by atoms with Crippen LogP contribution in [0.4, 0.5) is 9.93 Å². The highest BCUT2D eigenvalue weighted by molar-refractivity contribution is 7.14. The lowest BCUT2D eigenvalue weighted by Gasteiger charge is -2.35. The van der Waals surface area contributed by atoms with Gasteiger partial charge in [0.1, 0.15) is 58.7 Å². The third-order valence-electron chi connectivity index (χ3n) is 13.6. The van der Waals surface area contributed by atoms with E-state index in [0.717, 1.165) is 50.7 Å². The molecule has 3 aromatic rings. The number of aliphatic carboxylic acids is 1. The molecule has 2 aliphatic heterocycles. The van der Waals surface area contributed by atoms with E-state index in [4.69, 9.17) is 35.8 Å². The molecule has 348 valence electrons. The molecule has 8 atom stereocenters. The Balaban J connectivity index is 1.09. The molecule has 2 saturated heterocycles. The molecule has 18 heteroatoms. The number of carbonyl (C=O) groups excluding carboxylic acids is 3. The lowest BCUT2D eigenvalue weighted by Crippen LogP contribution is -2.59. The number of carbonyl (C=O) groups is 4. The number of rotatable bonds is 16. The van der Waals surface area contributed by atoms with Gasteiger partial charge in [-0.05, 0) is 81.9 Å². The molecule has 8 rings (SSSR count). The van der Waals surface area contributed by atoms with Crippen LogP contribution in [0.2, 0.25) is 5.02 Å². The summed E-state index contributed by atoms with van der Waals surface area (Å²) < 4.78 is 18.9. The van der Waals surface area contributed by atoms with Gasteiger partial charge in [-0.25, -0.2) is 19.6 Å². The van der Waals surface area contributed by atoms with Gasteiger partial charge in [0.2, 0.25) is 11.8 Å². The summed E-state index contributed by atoms with van der Waals surface area (Å²) in [4.78, 5) is 71.0. The van der Waals surface area contributed by atoms with Gasteiger partial charge >= 0.3 is 12.1 Å². The number of hydrogen-bond acceptors (Lipinski definition) is 13. The smallest absolute Gasteiger partial charge is 0.408 e. The number of amides is 3. The molecule has 0 radical (unpaired) electrons. The average molecular weight is 924 g/mol. The van der Waals surface area contributed by atoms with Crippen LogP contribution in [-0.4, -0.2) is 142 Å². The minimum absolute atomic E-state index is 0.0248. The van der Waals surface area contributed by atoms with E-state index in [2.05, 4.69) is 32.8 Å². The Bertz CT molecular complexity index is 2240.